The number of dihydropyridines is 1. The van der Waals surface area contributed by atoms with Crippen molar-refractivity contribution in [2.45, 2.75) is 51.4 Å². The lowest BCUT2D eigenvalue weighted by atomic mass is 9.80. The topological polar surface area (TPSA) is 171 Å². The number of nitrogens with zero attached hydrogens (tertiary/aromatic N) is 1. The SMILES string of the molecule is COC(=O)C1=C(C(F)(F)F)NC(C)=C(C(=O)OCCc2ccc(OCCNc3ccc(OCC(O)CNC(C)C)cc3)cc2)C1c1cccc([N+](=O)[O-])c1.Cl.Cl. The number of non-ortho nitro benzene ring substituents is 1. The Morgan fingerprint density at radius 1 is 0.946 bits per heavy atom. The summed E-state index contributed by atoms with van der Waals surface area (Å²) in [5, 5.41) is 30.0. The number of carbonyl (C=O) groups excluding carboxylic acids is 2. The second-order valence-corrected chi connectivity index (χ2v) is 12.6. The van der Waals surface area contributed by atoms with Crippen LogP contribution < -0.4 is 25.4 Å². The number of allylic oxidation sites excluding steroid dienone is 2. The Bertz CT molecular complexity index is 1840. The van der Waals surface area contributed by atoms with E-state index in [1.165, 1.54) is 19.1 Å². The van der Waals surface area contributed by atoms with Crippen molar-refractivity contribution in [2.24, 2.45) is 0 Å². The van der Waals surface area contributed by atoms with Crippen LogP contribution in [0.25, 0.3) is 0 Å². The lowest BCUT2D eigenvalue weighted by Gasteiger charge is -2.31. The van der Waals surface area contributed by atoms with Crippen molar-refractivity contribution < 1.29 is 51.7 Å². The summed E-state index contributed by atoms with van der Waals surface area (Å²) in [6.07, 6.45) is -5.42. The van der Waals surface area contributed by atoms with E-state index >= 15 is 0 Å². The first-order valence-electron chi connectivity index (χ1n) is 17.1. The zero-order valence-electron chi connectivity index (χ0n) is 31.0. The molecule has 56 heavy (non-hydrogen) atoms. The molecule has 13 nitrogen and oxygen atoms in total. The van der Waals surface area contributed by atoms with Gasteiger partial charge in [0.25, 0.3) is 5.69 Å². The molecule has 306 valence electrons. The maximum atomic E-state index is 14.1. The van der Waals surface area contributed by atoms with Crippen molar-refractivity contribution in [3.63, 3.8) is 0 Å². The minimum atomic E-state index is -5.05. The van der Waals surface area contributed by atoms with Gasteiger partial charge in [0.05, 0.1) is 35.7 Å². The van der Waals surface area contributed by atoms with Crippen molar-refractivity contribution >= 4 is 48.1 Å². The van der Waals surface area contributed by atoms with Gasteiger partial charge in [-0.3, -0.25) is 10.1 Å². The number of rotatable bonds is 18. The van der Waals surface area contributed by atoms with E-state index in [4.69, 9.17) is 14.2 Å². The fourth-order valence-electron chi connectivity index (χ4n) is 5.55. The molecule has 2 unspecified atom stereocenters. The molecule has 0 saturated carbocycles. The minimum Gasteiger partial charge on any atom is -0.492 e. The monoisotopic (exact) mass is 828 g/mol. The number of aliphatic hydroxyl groups excluding tert-OH is 1. The molecule has 18 heteroatoms. The summed E-state index contributed by atoms with van der Waals surface area (Å²) >= 11 is 0. The summed E-state index contributed by atoms with van der Waals surface area (Å²) in [6.45, 7) is 6.56. The van der Waals surface area contributed by atoms with Gasteiger partial charge in [0.2, 0.25) is 0 Å². The number of hydrogen-bond donors (Lipinski definition) is 4. The van der Waals surface area contributed by atoms with Gasteiger partial charge >= 0.3 is 18.1 Å². The molecule has 3 aromatic carbocycles. The van der Waals surface area contributed by atoms with Crippen LogP contribution in [0.5, 0.6) is 11.5 Å². The third kappa shape index (κ3) is 13.3. The molecule has 0 aliphatic carbocycles. The molecule has 0 radical (unpaired) electrons. The van der Waals surface area contributed by atoms with Gasteiger partial charge in [0, 0.05) is 49.1 Å². The number of ether oxygens (including phenoxy) is 4. The summed E-state index contributed by atoms with van der Waals surface area (Å²) in [4.78, 5) is 37.0. The number of methoxy groups -OCH3 is 1. The van der Waals surface area contributed by atoms with Gasteiger partial charge in [-0.2, -0.15) is 13.2 Å². The molecular formula is C38H45Cl2F3N4O9. The maximum Gasteiger partial charge on any atom is 0.431 e. The Morgan fingerprint density at radius 3 is 2.20 bits per heavy atom. The van der Waals surface area contributed by atoms with E-state index in [1.807, 2.05) is 38.1 Å². The number of nitro benzene ring substituents is 1. The fraction of sp³-hybridized carbons (Fsp3) is 0.368. The number of benzene rings is 3. The van der Waals surface area contributed by atoms with Gasteiger partial charge in [-0.1, -0.05) is 38.1 Å². The molecule has 3 aromatic rings. The highest BCUT2D eigenvalue weighted by molar-refractivity contribution is 6.00. The number of hydrogen-bond acceptors (Lipinski definition) is 12. The number of nitrogens with one attached hydrogen (secondary N) is 3. The highest BCUT2D eigenvalue weighted by atomic mass is 35.5. The van der Waals surface area contributed by atoms with Crippen molar-refractivity contribution in [1.29, 1.82) is 0 Å². The van der Waals surface area contributed by atoms with Crippen LogP contribution in [0.15, 0.2) is 95.3 Å². The lowest BCUT2D eigenvalue weighted by Crippen LogP contribution is -2.38. The molecule has 0 amide bonds. The largest absolute Gasteiger partial charge is 0.492 e. The Labute approximate surface area is 334 Å². The lowest BCUT2D eigenvalue weighted by molar-refractivity contribution is -0.384. The Hall–Kier alpha value is -5.03. The average molecular weight is 830 g/mol. The van der Waals surface area contributed by atoms with Crippen LogP contribution in [0.2, 0.25) is 0 Å². The van der Waals surface area contributed by atoms with E-state index in [9.17, 15) is 38.0 Å². The van der Waals surface area contributed by atoms with Gasteiger partial charge in [0.15, 0.2) is 0 Å². The molecule has 1 heterocycles. The van der Waals surface area contributed by atoms with Crippen LogP contribution in [0.1, 0.15) is 37.8 Å². The standard InChI is InChI=1S/C38H43F3N4O9.2ClH/c1-23(2)43-21-29(46)22-54-31-14-10-27(11-15-31)42-17-19-52-30-12-8-25(9-13-30)16-18-53-37(48)32-24(3)44-35(38(39,40)41)34(36(47)51-4)33(32)26-6-5-7-28(20-26)45(49)50;;/h5-15,20,23,29,33,42-44,46H,16-19,21-22H2,1-4H3;2*1H. The molecule has 4 N–H and O–H groups in total. The summed E-state index contributed by atoms with van der Waals surface area (Å²) in [5.74, 6) is -2.82. The first-order valence-corrected chi connectivity index (χ1v) is 17.1. The summed E-state index contributed by atoms with van der Waals surface area (Å²) < 4.78 is 64.0. The molecule has 0 fully saturated rings. The van der Waals surface area contributed by atoms with Gasteiger partial charge < -0.3 is 40.0 Å². The van der Waals surface area contributed by atoms with E-state index in [1.54, 1.807) is 24.3 Å². The van der Waals surface area contributed by atoms with Crippen molar-refractivity contribution in [1.82, 2.24) is 10.6 Å². The molecule has 0 spiro atoms. The molecular weight excluding hydrogens is 784 g/mol. The van der Waals surface area contributed by atoms with Crippen molar-refractivity contribution in [2.75, 3.05) is 45.3 Å². The van der Waals surface area contributed by atoms with Crippen LogP contribution in [-0.4, -0.2) is 80.3 Å². The van der Waals surface area contributed by atoms with Gasteiger partial charge in [-0.25, -0.2) is 9.59 Å². The molecule has 1 aliphatic rings. The van der Waals surface area contributed by atoms with E-state index < -0.39 is 52.0 Å². The maximum absolute atomic E-state index is 14.1. The summed E-state index contributed by atoms with van der Waals surface area (Å²) in [5.41, 5.74) is -1.84. The average Bonchev–Trinajstić information content (AvgIpc) is 3.14. The second-order valence-electron chi connectivity index (χ2n) is 12.6. The van der Waals surface area contributed by atoms with Crippen LogP contribution >= 0.6 is 24.8 Å². The zero-order valence-corrected chi connectivity index (χ0v) is 32.6. The van der Waals surface area contributed by atoms with E-state index in [0.717, 1.165) is 30.5 Å². The Kier molecular flexibility index (Phi) is 18.4. The number of alkyl halides is 3. The molecule has 2 atom stereocenters. The number of anilines is 1. The summed E-state index contributed by atoms with van der Waals surface area (Å²) in [7, 11) is 0.893. The van der Waals surface area contributed by atoms with Crippen LogP contribution in [0.3, 0.4) is 0 Å². The number of halogens is 5. The molecule has 4 rings (SSSR count). The smallest absolute Gasteiger partial charge is 0.431 e. The first-order chi connectivity index (χ1) is 25.7. The van der Waals surface area contributed by atoms with Crippen molar-refractivity contribution in [3.05, 3.63) is 117 Å². The number of aliphatic hydroxyl groups is 1. The highest BCUT2D eigenvalue weighted by Crippen LogP contribution is 2.44. The molecule has 1 aliphatic heterocycles. The molecule has 0 saturated heterocycles. The zero-order chi connectivity index (χ0) is 39.4. The van der Waals surface area contributed by atoms with Crippen LogP contribution in [0, 0.1) is 10.1 Å². The minimum absolute atomic E-state index is 0. The van der Waals surface area contributed by atoms with Crippen LogP contribution in [0.4, 0.5) is 24.5 Å². The van der Waals surface area contributed by atoms with Gasteiger partial charge in [-0.15, -0.1) is 24.8 Å². The number of nitro groups is 1. The number of esters is 2. The second kappa shape index (κ2) is 21.9. The number of carbonyl (C=O) groups is 2. The van der Waals surface area contributed by atoms with E-state index in [0.29, 0.717) is 31.2 Å². The van der Waals surface area contributed by atoms with E-state index in [2.05, 4.69) is 20.7 Å². The van der Waals surface area contributed by atoms with Crippen molar-refractivity contribution in [3.8, 4) is 11.5 Å². The van der Waals surface area contributed by atoms with E-state index in [-0.39, 0.29) is 67.3 Å². The Balaban J connectivity index is 0.00000541. The molecule has 0 aromatic heterocycles. The highest BCUT2D eigenvalue weighted by Gasteiger charge is 2.47. The predicted molar refractivity (Wildman–Crippen MR) is 207 cm³/mol. The third-order valence-corrected chi connectivity index (χ3v) is 8.19. The van der Waals surface area contributed by atoms with Gasteiger partial charge in [-0.05, 0) is 54.4 Å². The first kappa shape index (κ1) is 47.1. The summed E-state index contributed by atoms with van der Waals surface area (Å²) in [6, 6.07) is 19.3. The predicted octanol–water partition coefficient (Wildman–Crippen LogP) is 6.40. The fourth-order valence-corrected chi connectivity index (χ4v) is 5.55. The third-order valence-electron chi connectivity index (χ3n) is 8.19. The van der Waals surface area contributed by atoms with Gasteiger partial charge in [0.1, 0.15) is 36.5 Å². The molecule has 0 bridgehead atoms. The quantitative estimate of drug-likeness (QED) is 0.0482. The van der Waals surface area contributed by atoms with Crippen LogP contribution in [-0.2, 0) is 25.5 Å². The normalized spacial score (nSPS) is 14.5. The Morgan fingerprint density at radius 2 is 1.59 bits per heavy atom.